The molecule has 21 heavy (non-hydrogen) atoms. The van der Waals surface area contributed by atoms with Crippen molar-refractivity contribution in [2.24, 2.45) is 35.0 Å². The standard InChI is InChI=1S/C19H26O2/c1-11-9-13(20)10-12-3-4-14-15(18(11)12)7-8-19(2)16(14)5-6-17(19)21/h10-11,14-16,18H,3-9H2,1-2H3/t11?,14-,15+,16+,18+,19+/m1/s1. The van der Waals surface area contributed by atoms with E-state index >= 15 is 0 Å². The quantitative estimate of drug-likeness (QED) is 0.676. The average molecular weight is 286 g/mol. The van der Waals surface area contributed by atoms with Gasteiger partial charge in [-0.15, -0.1) is 0 Å². The predicted molar refractivity (Wildman–Crippen MR) is 81.6 cm³/mol. The van der Waals surface area contributed by atoms with Crippen LogP contribution in [0.25, 0.3) is 0 Å². The molecule has 0 saturated heterocycles. The minimum absolute atomic E-state index is 0.0177. The fourth-order valence-electron chi connectivity index (χ4n) is 6.39. The van der Waals surface area contributed by atoms with Crippen LogP contribution in [0.5, 0.6) is 0 Å². The third-order valence-corrected chi connectivity index (χ3v) is 7.34. The van der Waals surface area contributed by atoms with Crippen molar-refractivity contribution in [3.63, 3.8) is 0 Å². The molecule has 1 unspecified atom stereocenters. The first-order valence-electron chi connectivity index (χ1n) is 8.77. The summed E-state index contributed by atoms with van der Waals surface area (Å²) >= 11 is 0. The normalized spacial score (nSPS) is 49.2. The maximum atomic E-state index is 12.3. The lowest BCUT2D eigenvalue weighted by Gasteiger charge is -2.53. The molecule has 4 aliphatic carbocycles. The Kier molecular flexibility index (Phi) is 2.96. The minimum Gasteiger partial charge on any atom is -0.299 e. The maximum Gasteiger partial charge on any atom is 0.155 e. The topological polar surface area (TPSA) is 34.1 Å². The molecular formula is C19H26O2. The molecule has 2 nitrogen and oxygen atoms in total. The molecule has 6 atom stereocenters. The van der Waals surface area contributed by atoms with E-state index in [-0.39, 0.29) is 5.41 Å². The molecule has 4 rings (SSSR count). The summed E-state index contributed by atoms with van der Waals surface area (Å²) in [6, 6.07) is 0. The van der Waals surface area contributed by atoms with E-state index in [1.54, 1.807) is 0 Å². The smallest absolute Gasteiger partial charge is 0.155 e. The summed E-state index contributed by atoms with van der Waals surface area (Å²) in [6.07, 6.45) is 9.23. The zero-order chi connectivity index (χ0) is 14.8. The summed E-state index contributed by atoms with van der Waals surface area (Å²) in [5.74, 6) is 4.08. The van der Waals surface area contributed by atoms with Gasteiger partial charge in [-0.25, -0.2) is 0 Å². The van der Waals surface area contributed by atoms with Gasteiger partial charge in [-0.1, -0.05) is 19.4 Å². The van der Waals surface area contributed by atoms with E-state index in [4.69, 9.17) is 0 Å². The Morgan fingerprint density at radius 1 is 1.10 bits per heavy atom. The summed E-state index contributed by atoms with van der Waals surface area (Å²) in [5, 5.41) is 0. The Morgan fingerprint density at radius 3 is 2.71 bits per heavy atom. The van der Waals surface area contributed by atoms with Crippen molar-refractivity contribution < 1.29 is 9.59 Å². The molecule has 0 aromatic rings. The molecule has 4 aliphatic rings. The van der Waals surface area contributed by atoms with Crippen LogP contribution in [-0.4, -0.2) is 11.6 Å². The number of carbonyl (C=O) groups excluding carboxylic acids is 2. The van der Waals surface area contributed by atoms with Crippen LogP contribution in [0.3, 0.4) is 0 Å². The van der Waals surface area contributed by atoms with Crippen molar-refractivity contribution in [1.29, 1.82) is 0 Å². The van der Waals surface area contributed by atoms with E-state index in [2.05, 4.69) is 13.8 Å². The number of allylic oxidation sites excluding steroid dienone is 1. The van der Waals surface area contributed by atoms with Crippen LogP contribution < -0.4 is 0 Å². The highest BCUT2D eigenvalue weighted by atomic mass is 16.1. The molecule has 0 bridgehead atoms. The van der Waals surface area contributed by atoms with Gasteiger partial charge in [0.2, 0.25) is 0 Å². The zero-order valence-electron chi connectivity index (χ0n) is 13.2. The van der Waals surface area contributed by atoms with Crippen molar-refractivity contribution in [2.45, 2.75) is 58.8 Å². The third kappa shape index (κ3) is 1.83. The maximum absolute atomic E-state index is 12.3. The van der Waals surface area contributed by atoms with Gasteiger partial charge in [-0.05, 0) is 67.8 Å². The number of fused-ring (bicyclic) bond motifs is 5. The Labute approximate surface area is 127 Å². The van der Waals surface area contributed by atoms with E-state index < -0.39 is 0 Å². The van der Waals surface area contributed by atoms with Gasteiger partial charge in [0.25, 0.3) is 0 Å². The number of hydrogen-bond acceptors (Lipinski definition) is 2. The number of carbonyl (C=O) groups is 2. The van der Waals surface area contributed by atoms with Crippen molar-refractivity contribution >= 4 is 11.6 Å². The second kappa shape index (κ2) is 4.54. The fourth-order valence-corrected chi connectivity index (χ4v) is 6.39. The molecule has 0 radical (unpaired) electrons. The minimum atomic E-state index is -0.0177. The van der Waals surface area contributed by atoms with Crippen LogP contribution in [0.4, 0.5) is 0 Å². The Hall–Kier alpha value is -0.920. The summed E-state index contributed by atoms with van der Waals surface area (Å²) in [7, 11) is 0. The first kappa shape index (κ1) is 13.7. The van der Waals surface area contributed by atoms with Crippen molar-refractivity contribution in [3.8, 4) is 0 Å². The van der Waals surface area contributed by atoms with Gasteiger partial charge in [0.1, 0.15) is 5.78 Å². The molecule has 3 fully saturated rings. The SMILES string of the molecule is CC1CC(=O)C=C2CC[C@@H]3[C@H](CC[C@]4(C)C(=O)CC[C@@H]34)[C@H]21. The van der Waals surface area contributed by atoms with Crippen LogP contribution >= 0.6 is 0 Å². The summed E-state index contributed by atoms with van der Waals surface area (Å²) in [6.45, 7) is 4.51. The number of hydrogen-bond donors (Lipinski definition) is 0. The van der Waals surface area contributed by atoms with Crippen molar-refractivity contribution in [2.75, 3.05) is 0 Å². The molecule has 114 valence electrons. The Balaban J connectivity index is 1.67. The highest BCUT2D eigenvalue weighted by Crippen LogP contribution is 2.61. The van der Waals surface area contributed by atoms with Crippen LogP contribution in [0, 0.1) is 35.0 Å². The molecule has 3 saturated carbocycles. The number of Topliss-reactive ketones (excluding diaryl/α,β-unsaturated/α-hetero) is 1. The second-order valence-electron chi connectivity index (χ2n) is 8.28. The second-order valence-corrected chi connectivity index (χ2v) is 8.28. The van der Waals surface area contributed by atoms with Crippen LogP contribution in [0.1, 0.15) is 58.8 Å². The Morgan fingerprint density at radius 2 is 1.90 bits per heavy atom. The molecular weight excluding hydrogens is 260 g/mol. The molecule has 0 amide bonds. The molecule has 0 N–H and O–H groups in total. The van der Waals surface area contributed by atoms with Crippen molar-refractivity contribution in [3.05, 3.63) is 11.6 Å². The number of ketones is 2. The Bertz CT molecular complexity index is 532. The van der Waals surface area contributed by atoms with Gasteiger partial charge < -0.3 is 0 Å². The summed E-state index contributed by atoms with van der Waals surface area (Å²) < 4.78 is 0. The third-order valence-electron chi connectivity index (χ3n) is 7.34. The van der Waals surface area contributed by atoms with Gasteiger partial charge in [0.15, 0.2) is 5.78 Å². The molecule has 0 heterocycles. The van der Waals surface area contributed by atoms with E-state index in [0.29, 0.717) is 29.3 Å². The first-order chi connectivity index (χ1) is 10.0. The van der Waals surface area contributed by atoms with E-state index in [9.17, 15) is 9.59 Å². The lowest BCUT2D eigenvalue weighted by atomic mass is 9.51. The molecule has 0 aliphatic heterocycles. The monoisotopic (exact) mass is 286 g/mol. The lowest BCUT2D eigenvalue weighted by Crippen LogP contribution is -2.48. The van der Waals surface area contributed by atoms with E-state index in [1.807, 2.05) is 6.08 Å². The van der Waals surface area contributed by atoms with Gasteiger partial charge in [0.05, 0.1) is 0 Å². The summed E-state index contributed by atoms with van der Waals surface area (Å²) in [4.78, 5) is 24.2. The van der Waals surface area contributed by atoms with Crippen LogP contribution in [0.2, 0.25) is 0 Å². The van der Waals surface area contributed by atoms with Gasteiger partial charge in [-0.2, -0.15) is 0 Å². The van der Waals surface area contributed by atoms with Gasteiger partial charge in [-0.3, -0.25) is 9.59 Å². The fraction of sp³-hybridized carbons (Fsp3) is 0.789. The van der Waals surface area contributed by atoms with E-state index in [0.717, 1.165) is 43.9 Å². The lowest BCUT2D eigenvalue weighted by molar-refractivity contribution is -0.131. The summed E-state index contributed by atoms with van der Waals surface area (Å²) in [5.41, 5.74) is 1.42. The molecule has 2 heteroatoms. The van der Waals surface area contributed by atoms with Crippen LogP contribution in [-0.2, 0) is 9.59 Å². The number of rotatable bonds is 0. The van der Waals surface area contributed by atoms with Gasteiger partial charge >= 0.3 is 0 Å². The predicted octanol–water partition coefficient (Wildman–Crippen LogP) is 3.94. The van der Waals surface area contributed by atoms with Crippen molar-refractivity contribution in [1.82, 2.24) is 0 Å². The highest BCUT2D eigenvalue weighted by Gasteiger charge is 2.56. The van der Waals surface area contributed by atoms with Gasteiger partial charge in [0, 0.05) is 18.3 Å². The average Bonchev–Trinajstić information content (AvgIpc) is 2.74. The van der Waals surface area contributed by atoms with Crippen LogP contribution in [0.15, 0.2) is 11.6 Å². The highest BCUT2D eigenvalue weighted by molar-refractivity contribution is 5.91. The zero-order valence-corrected chi connectivity index (χ0v) is 13.2. The first-order valence-corrected chi connectivity index (χ1v) is 8.77. The largest absolute Gasteiger partial charge is 0.299 e. The molecule has 0 spiro atoms. The molecule has 0 aromatic carbocycles. The molecule has 0 aromatic heterocycles. The van der Waals surface area contributed by atoms with E-state index in [1.165, 1.54) is 18.4 Å².